The molecule has 0 bridgehead atoms. The summed E-state index contributed by atoms with van der Waals surface area (Å²) in [7, 11) is -2.04. The SMILES string of the molecule is COc1ccc(C/C(C)=N\NS(=O)(=O)c2ccc(Br)cc2)cc1. The second-order valence-corrected chi connectivity index (χ2v) is 7.50. The van der Waals surface area contributed by atoms with E-state index in [9.17, 15) is 8.42 Å². The Morgan fingerprint density at radius 1 is 1.13 bits per heavy atom. The predicted octanol–water partition coefficient (Wildman–Crippen LogP) is 3.35. The lowest BCUT2D eigenvalue weighted by atomic mass is 10.1. The summed E-state index contributed by atoms with van der Waals surface area (Å²) in [6.45, 7) is 1.77. The summed E-state index contributed by atoms with van der Waals surface area (Å²) in [5, 5.41) is 3.97. The molecule has 1 N–H and O–H groups in total. The Kier molecular flexibility index (Phi) is 5.79. The van der Waals surface area contributed by atoms with Gasteiger partial charge in [-0.2, -0.15) is 13.5 Å². The topological polar surface area (TPSA) is 67.8 Å². The van der Waals surface area contributed by atoms with E-state index < -0.39 is 10.0 Å². The quantitative estimate of drug-likeness (QED) is 0.601. The number of nitrogens with one attached hydrogen (secondary N) is 1. The van der Waals surface area contributed by atoms with Crippen LogP contribution in [0.15, 0.2) is 63.0 Å². The predicted molar refractivity (Wildman–Crippen MR) is 94.3 cm³/mol. The van der Waals surface area contributed by atoms with Crippen molar-refractivity contribution in [3.63, 3.8) is 0 Å². The van der Waals surface area contributed by atoms with E-state index in [0.29, 0.717) is 12.1 Å². The molecule has 0 amide bonds. The summed E-state index contributed by atoms with van der Waals surface area (Å²) in [6.07, 6.45) is 0.548. The third-order valence-electron chi connectivity index (χ3n) is 3.10. The van der Waals surface area contributed by atoms with Gasteiger partial charge in [-0.15, -0.1) is 0 Å². The standard InChI is InChI=1S/C16H17BrN2O3S/c1-12(11-13-3-7-15(22-2)8-4-13)18-19-23(20,21)16-9-5-14(17)6-10-16/h3-10,19H,11H2,1-2H3/b18-12-. The Morgan fingerprint density at radius 3 is 2.30 bits per heavy atom. The van der Waals surface area contributed by atoms with E-state index in [1.165, 1.54) is 12.1 Å². The molecule has 0 saturated heterocycles. The molecule has 0 aliphatic heterocycles. The average Bonchev–Trinajstić information content (AvgIpc) is 2.54. The van der Waals surface area contributed by atoms with Gasteiger partial charge in [0.1, 0.15) is 5.75 Å². The first kappa shape index (κ1) is 17.5. The average molecular weight is 397 g/mol. The third kappa shape index (κ3) is 5.07. The number of hydrazone groups is 1. The van der Waals surface area contributed by atoms with E-state index in [4.69, 9.17) is 4.74 Å². The van der Waals surface area contributed by atoms with Gasteiger partial charge in [-0.3, -0.25) is 0 Å². The molecule has 0 atom stereocenters. The molecule has 0 heterocycles. The second-order valence-electron chi connectivity index (χ2n) is 4.92. The van der Waals surface area contributed by atoms with Gasteiger partial charge in [-0.25, -0.2) is 4.83 Å². The van der Waals surface area contributed by atoms with Crippen LogP contribution in [0, 0.1) is 0 Å². The van der Waals surface area contributed by atoms with Gasteiger partial charge in [0, 0.05) is 16.6 Å². The molecule has 0 radical (unpaired) electrons. The van der Waals surface area contributed by atoms with Crippen molar-refractivity contribution in [3.05, 3.63) is 58.6 Å². The molecule has 2 rings (SSSR count). The fraction of sp³-hybridized carbons (Fsp3) is 0.188. The first-order valence-electron chi connectivity index (χ1n) is 6.84. The smallest absolute Gasteiger partial charge is 0.276 e. The van der Waals surface area contributed by atoms with Gasteiger partial charge in [-0.05, 0) is 48.9 Å². The molecule has 2 aromatic carbocycles. The van der Waals surface area contributed by atoms with Gasteiger partial charge < -0.3 is 4.74 Å². The number of nitrogens with zero attached hydrogens (tertiary/aromatic N) is 1. The highest BCUT2D eigenvalue weighted by Crippen LogP contribution is 2.15. The van der Waals surface area contributed by atoms with Gasteiger partial charge >= 0.3 is 0 Å². The van der Waals surface area contributed by atoms with Crippen molar-refractivity contribution in [2.75, 3.05) is 7.11 Å². The van der Waals surface area contributed by atoms with Crippen LogP contribution >= 0.6 is 15.9 Å². The number of halogens is 1. The minimum atomic E-state index is -3.65. The maximum absolute atomic E-state index is 12.1. The van der Waals surface area contributed by atoms with Crippen LogP contribution in [0.2, 0.25) is 0 Å². The van der Waals surface area contributed by atoms with Crippen molar-refractivity contribution < 1.29 is 13.2 Å². The highest BCUT2D eigenvalue weighted by atomic mass is 79.9. The number of benzene rings is 2. The molecule has 0 fully saturated rings. The lowest BCUT2D eigenvalue weighted by Gasteiger charge is -2.06. The first-order chi connectivity index (χ1) is 10.9. The number of methoxy groups -OCH3 is 1. The van der Waals surface area contributed by atoms with Crippen LogP contribution in [0.25, 0.3) is 0 Å². The fourth-order valence-corrected chi connectivity index (χ4v) is 3.02. The van der Waals surface area contributed by atoms with Crippen LogP contribution in [0.1, 0.15) is 12.5 Å². The molecule has 2 aromatic rings. The van der Waals surface area contributed by atoms with E-state index in [1.54, 1.807) is 26.2 Å². The van der Waals surface area contributed by atoms with Crippen LogP contribution < -0.4 is 9.57 Å². The van der Waals surface area contributed by atoms with Crippen molar-refractivity contribution in [2.45, 2.75) is 18.2 Å². The molecule has 23 heavy (non-hydrogen) atoms. The van der Waals surface area contributed by atoms with E-state index in [0.717, 1.165) is 15.8 Å². The summed E-state index contributed by atoms with van der Waals surface area (Å²) >= 11 is 3.27. The number of hydrogen-bond donors (Lipinski definition) is 1. The zero-order valence-corrected chi connectivity index (χ0v) is 15.2. The summed E-state index contributed by atoms with van der Waals surface area (Å²) in [5.74, 6) is 0.777. The molecular weight excluding hydrogens is 380 g/mol. The first-order valence-corrected chi connectivity index (χ1v) is 9.12. The van der Waals surface area contributed by atoms with Crippen LogP contribution in [0.3, 0.4) is 0 Å². The van der Waals surface area contributed by atoms with Crippen LogP contribution in [-0.4, -0.2) is 21.2 Å². The summed E-state index contributed by atoms with van der Waals surface area (Å²) < 4.78 is 30.2. The maximum Gasteiger partial charge on any atom is 0.276 e. The van der Waals surface area contributed by atoms with Crippen molar-refractivity contribution in [3.8, 4) is 5.75 Å². The van der Waals surface area contributed by atoms with Gasteiger partial charge in [0.25, 0.3) is 10.0 Å². The van der Waals surface area contributed by atoms with Crippen molar-refractivity contribution in [1.29, 1.82) is 0 Å². The van der Waals surface area contributed by atoms with Crippen molar-refractivity contribution >= 4 is 31.7 Å². The van der Waals surface area contributed by atoms with Crippen molar-refractivity contribution in [1.82, 2.24) is 4.83 Å². The minimum absolute atomic E-state index is 0.168. The zero-order valence-electron chi connectivity index (χ0n) is 12.8. The highest BCUT2D eigenvalue weighted by Gasteiger charge is 2.12. The number of hydrogen-bond acceptors (Lipinski definition) is 4. The highest BCUT2D eigenvalue weighted by molar-refractivity contribution is 9.10. The Balaban J connectivity index is 2.04. The fourth-order valence-electron chi connectivity index (χ4n) is 1.88. The number of rotatable bonds is 6. The molecule has 0 aromatic heterocycles. The third-order valence-corrected chi connectivity index (χ3v) is 4.85. The molecular formula is C16H17BrN2O3S. The molecule has 5 nitrogen and oxygen atoms in total. The van der Waals surface area contributed by atoms with E-state index in [-0.39, 0.29) is 4.90 Å². The molecule has 0 saturated carbocycles. The summed E-state index contributed by atoms with van der Waals surface area (Å²) in [6, 6.07) is 13.9. The van der Waals surface area contributed by atoms with Gasteiger partial charge in [0.15, 0.2) is 0 Å². The Morgan fingerprint density at radius 2 is 1.74 bits per heavy atom. The number of sulfonamides is 1. The molecule has 0 aliphatic rings. The van der Waals surface area contributed by atoms with Gasteiger partial charge in [-0.1, -0.05) is 28.1 Å². The Hall–Kier alpha value is -1.86. The molecule has 122 valence electrons. The minimum Gasteiger partial charge on any atom is -0.497 e. The summed E-state index contributed by atoms with van der Waals surface area (Å²) in [5.41, 5.74) is 1.69. The monoisotopic (exact) mass is 396 g/mol. The second kappa shape index (κ2) is 7.61. The molecule has 0 unspecified atom stereocenters. The van der Waals surface area contributed by atoms with Crippen LogP contribution in [0.4, 0.5) is 0 Å². The van der Waals surface area contributed by atoms with Gasteiger partial charge in [0.2, 0.25) is 0 Å². The largest absolute Gasteiger partial charge is 0.497 e. The Labute approximate surface area is 144 Å². The van der Waals surface area contributed by atoms with Crippen LogP contribution in [0.5, 0.6) is 5.75 Å². The van der Waals surface area contributed by atoms with E-state index >= 15 is 0 Å². The van der Waals surface area contributed by atoms with E-state index in [1.807, 2.05) is 24.3 Å². The normalized spacial score (nSPS) is 12.0. The lowest BCUT2D eigenvalue weighted by Crippen LogP contribution is -2.20. The molecule has 0 spiro atoms. The van der Waals surface area contributed by atoms with Gasteiger partial charge in [0.05, 0.1) is 12.0 Å². The summed E-state index contributed by atoms with van der Waals surface area (Å²) in [4.78, 5) is 2.43. The lowest BCUT2D eigenvalue weighted by molar-refractivity contribution is 0.414. The molecule has 7 heteroatoms. The molecule has 0 aliphatic carbocycles. The number of ether oxygens (including phenoxy) is 1. The van der Waals surface area contributed by atoms with E-state index in [2.05, 4.69) is 25.9 Å². The maximum atomic E-state index is 12.1. The zero-order chi connectivity index (χ0) is 16.9. The van der Waals surface area contributed by atoms with Crippen molar-refractivity contribution in [2.24, 2.45) is 5.10 Å². The Bertz CT molecular complexity index is 785. The van der Waals surface area contributed by atoms with Crippen LogP contribution in [-0.2, 0) is 16.4 Å².